The molecule has 0 saturated carbocycles. The molecule has 0 bridgehead atoms. The van der Waals surface area contributed by atoms with Gasteiger partial charge in [0.05, 0.1) is 38.5 Å². The lowest BCUT2D eigenvalue weighted by molar-refractivity contribution is 0.0251. The molecule has 7 heteroatoms. The van der Waals surface area contributed by atoms with Crippen molar-refractivity contribution in [2.45, 2.75) is 32.9 Å². The van der Waals surface area contributed by atoms with E-state index >= 15 is 0 Å². The van der Waals surface area contributed by atoms with Crippen LogP contribution in [-0.2, 0) is 16.0 Å². The average molecular weight is 427 g/mol. The maximum absolute atomic E-state index is 13.6. The minimum Gasteiger partial charge on any atom is -0.491 e. The number of hydrogen-bond donors (Lipinski definition) is 0. The van der Waals surface area contributed by atoms with Crippen molar-refractivity contribution in [2.75, 3.05) is 40.0 Å². The minimum absolute atomic E-state index is 0.00249. The first-order valence-corrected chi connectivity index (χ1v) is 10.7. The number of carbonyl (C=O) groups excluding carboxylic acids is 2. The number of benzene rings is 1. The Morgan fingerprint density at radius 3 is 2.68 bits per heavy atom. The van der Waals surface area contributed by atoms with E-state index in [1.165, 1.54) is 12.7 Å². The molecule has 0 radical (unpaired) electrons. The number of fused-ring (bicyclic) bond motifs is 1. The maximum Gasteiger partial charge on any atom is 0.337 e. The number of ether oxygens (including phenoxy) is 3. The van der Waals surface area contributed by atoms with E-state index in [0.717, 1.165) is 12.0 Å². The predicted molar refractivity (Wildman–Crippen MR) is 116 cm³/mol. The van der Waals surface area contributed by atoms with Crippen LogP contribution in [0.15, 0.2) is 42.0 Å². The summed E-state index contributed by atoms with van der Waals surface area (Å²) >= 11 is 0. The lowest BCUT2D eigenvalue weighted by Gasteiger charge is -2.44. The summed E-state index contributed by atoms with van der Waals surface area (Å²) < 4.78 is 16.5. The first-order chi connectivity index (χ1) is 14.9. The molecule has 3 aliphatic rings. The van der Waals surface area contributed by atoms with Gasteiger partial charge in [0.15, 0.2) is 0 Å². The number of methoxy groups -OCH3 is 1. The summed E-state index contributed by atoms with van der Waals surface area (Å²) in [7, 11) is 1.36. The van der Waals surface area contributed by atoms with Crippen LogP contribution in [0, 0.1) is 5.41 Å². The standard InChI is InChI=1S/C24H30N2O5/c1-17-6-8-24(2,9-7-17)21-16-31-20-14-18(22(27)29-3)4-5-19(20)15-26(21)23(28)25-10-12-30-13-11-25/h4-8,14,21H,9-13,15-16H2,1-3H3/t21-,24?/m1/s1. The molecule has 4 rings (SSSR count). The SMILES string of the molecule is COC(=O)c1ccc2c(c1)OC[C@H](C1(C)C=CC(C)=CC1)N(C(=O)N1CCOCC1)C2. The highest BCUT2D eigenvalue weighted by Gasteiger charge is 2.42. The first-order valence-electron chi connectivity index (χ1n) is 10.7. The molecule has 1 fully saturated rings. The van der Waals surface area contributed by atoms with E-state index in [-0.39, 0.29) is 17.5 Å². The Hall–Kier alpha value is -2.80. The van der Waals surface area contributed by atoms with Crippen molar-refractivity contribution in [1.82, 2.24) is 9.80 Å². The zero-order chi connectivity index (χ0) is 22.0. The fourth-order valence-corrected chi connectivity index (χ4v) is 4.39. The second-order valence-corrected chi connectivity index (χ2v) is 8.64. The van der Waals surface area contributed by atoms with Crippen LogP contribution in [0.1, 0.15) is 36.2 Å². The van der Waals surface area contributed by atoms with Crippen LogP contribution < -0.4 is 4.74 Å². The van der Waals surface area contributed by atoms with Crippen LogP contribution in [0.2, 0.25) is 0 Å². The predicted octanol–water partition coefficient (Wildman–Crippen LogP) is 3.40. The molecule has 0 N–H and O–H groups in total. The average Bonchev–Trinajstić information content (AvgIpc) is 3.00. The van der Waals surface area contributed by atoms with Crippen LogP contribution in [0.4, 0.5) is 4.79 Å². The number of allylic oxidation sites excluding steroid dienone is 3. The zero-order valence-corrected chi connectivity index (χ0v) is 18.4. The second kappa shape index (κ2) is 8.75. The molecule has 166 valence electrons. The normalized spacial score (nSPS) is 25.8. The maximum atomic E-state index is 13.6. The Kier molecular flexibility index (Phi) is 6.05. The van der Waals surface area contributed by atoms with Crippen LogP contribution in [0.5, 0.6) is 5.75 Å². The topological polar surface area (TPSA) is 68.3 Å². The summed E-state index contributed by atoms with van der Waals surface area (Å²) in [6.45, 7) is 7.31. The van der Waals surface area contributed by atoms with Crippen molar-refractivity contribution in [1.29, 1.82) is 0 Å². The van der Waals surface area contributed by atoms with Crippen molar-refractivity contribution < 1.29 is 23.8 Å². The molecule has 2 amide bonds. The van der Waals surface area contributed by atoms with Gasteiger partial charge in [-0.25, -0.2) is 9.59 Å². The van der Waals surface area contributed by atoms with Gasteiger partial charge in [0.1, 0.15) is 12.4 Å². The van der Waals surface area contributed by atoms with Crippen molar-refractivity contribution in [2.24, 2.45) is 5.41 Å². The number of morpholine rings is 1. The molecule has 0 aromatic heterocycles. The van der Waals surface area contributed by atoms with E-state index in [4.69, 9.17) is 14.2 Å². The molecule has 2 atom stereocenters. The third-order valence-corrected chi connectivity index (χ3v) is 6.48. The highest BCUT2D eigenvalue weighted by molar-refractivity contribution is 5.90. The van der Waals surface area contributed by atoms with Crippen molar-refractivity contribution in [3.63, 3.8) is 0 Å². The van der Waals surface area contributed by atoms with E-state index < -0.39 is 5.97 Å². The number of amides is 2. The lowest BCUT2D eigenvalue weighted by Crippen LogP contribution is -2.56. The smallest absolute Gasteiger partial charge is 0.337 e. The fourth-order valence-electron chi connectivity index (χ4n) is 4.39. The molecule has 1 aromatic rings. The Labute approximate surface area is 183 Å². The van der Waals surface area contributed by atoms with Crippen LogP contribution in [0.3, 0.4) is 0 Å². The Bertz CT molecular complexity index is 919. The largest absolute Gasteiger partial charge is 0.491 e. The number of esters is 1. The molecular weight excluding hydrogens is 396 g/mol. The molecule has 1 saturated heterocycles. The van der Waals surface area contributed by atoms with Gasteiger partial charge in [-0.3, -0.25) is 0 Å². The Morgan fingerprint density at radius 2 is 2.00 bits per heavy atom. The third kappa shape index (κ3) is 4.32. The van der Waals surface area contributed by atoms with E-state index in [1.54, 1.807) is 12.1 Å². The van der Waals surface area contributed by atoms with Gasteiger partial charge in [0.25, 0.3) is 0 Å². The van der Waals surface area contributed by atoms with Crippen molar-refractivity contribution in [3.8, 4) is 5.75 Å². The van der Waals surface area contributed by atoms with E-state index in [0.29, 0.717) is 50.8 Å². The van der Waals surface area contributed by atoms with Gasteiger partial charge in [-0.2, -0.15) is 0 Å². The Balaban J connectivity index is 1.68. The van der Waals surface area contributed by atoms with Crippen LogP contribution in [0.25, 0.3) is 0 Å². The quantitative estimate of drug-likeness (QED) is 0.678. The Morgan fingerprint density at radius 1 is 1.23 bits per heavy atom. The summed E-state index contributed by atoms with van der Waals surface area (Å²) in [4.78, 5) is 29.4. The number of nitrogens with zero attached hydrogens (tertiary/aromatic N) is 2. The monoisotopic (exact) mass is 426 g/mol. The molecular formula is C24H30N2O5. The number of hydrogen-bond acceptors (Lipinski definition) is 5. The highest BCUT2D eigenvalue weighted by atomic mass is 16.5. The third-order valence-electron chi connectivity index (χ3n) is 6.48. The van der Waals surface area contributed by atoms with E-state index in [1.807, 2.05) is 15.9 Å². The molecule has 2 aliphatic heterocycles. The van der Waals surface area contributed by atoms with Gasteiger partial charge in [0, 0.05) is 24.1 Å². The zero-order valence-electron chi connectivity index (χ0n) is 18.4. The van der Waals surface area contributed by atoms with E-state index in [2.05, 4.69) is 32.1 Å². The lowest BCUT2D eigenvalue weighted by atomic mass is 9.75. The molecule has 7 nitrogen and oxygen atoms in total. The highest BCUT2D eigenvalue weighted by Crippen LogP contribution is 2.39. The van der Waals surface area contributed by atoms with E-state index in [9.17, 15) is 9.59 Å². The molecule has 1 aromatic carbocycles. The van der Waals surface area contributed by atoms with Gasteiger partial charge < -0.3 is 24.0 Å². The van der Waals surface area contributed by atoms with Gasteiger partial charge in [-0.05, 0) is 25.5 Å². The minimum atomic E-state index is -0.406. The van der Waals surface area contributed by atoms with Gasteiger partial charge in [-0.15, -0.1) is 0 Å². The fraction of sp³-hybridized carbons (Fsp3) is 0.500. The molecule has 1 unspecified atom stereocenters. The summed E-state index contributed by atoms with van der Waals surface area (Å²) in [5.41, 5.74) is 2.29. The summed E-state index contributed by atoms with van der Waals surface area (Å²) in [5, 5.41) is 0. The number of carbonyl (C=O) groups is 2. The summed E-state index contributed by atoms with van der Waals surface area (Å²) in [5.74, 6) is 0.219. The van der Waals surface area contributed by atoms with Crippen LogP contribution >= 0.6 is 0 Å². The number of rotatable bonds is 2. The molecule has 0 spiro atoms. The molecule has 1 aliphatic carbocycles. The van der Waals surface area contributed by atoms with Crippen LogP contribution in [-0.4, -0.2) is 67.9 Å². The van der Waals surface area contributed by atoms with Crippen molar-refractivity contribution in [3.05, 3.63) is 53.1 Å². The van der Waals surface area contributed by atoms with Crippen molar-refractivity contribution >= 4 is 12.0 Å². The summed E-state index contributed by atoms with van der Waals surface area (Å²) in [6, 6.07) is 5.14. The first kappa shape index (κ1) is 21.4. The number of urea groups is 1. The summed E-state index contributed by atoms with van der Waals surface area (Å²) in [6.07, 6.45) is 7.37. The molecule has 2 heterocycles. The second-order valence-electron chi connectivity index (χ2n) is 8.64. The van der Waals surface area contributed by atoms with Gasteiger partial charge >= 0.3 is 12.0 Å². The molecule has 31 heavy (non-hydrogen) atoms. The van der Waals surface area contributed by atoms with Gasteiger partial charge in [-0.1, -0.05) is 36.8 Å². The van der Waals surface area contributed by atoms with Gasteiger partial charge in [0.2, 0.25) is 0 Å².